The van der Waals surface area contributed by atoms with Crippen molar-refractivity contribution in [2.75, 3.05) is 44.2 Å². The number of carbonyl (C=O) groups excluding carboxylic acids is 1. The van der Waals surface area contributed by atoms with E-state index in [1.807, 2.05) is 36.1 Å². The lowest BCUT2D eigenvalue weighted by molar-refractivity contribution is 0.101. The van der Waals surface area contributed by atoms with E-state index in [1.54, 1.807) is 12.1 Å². The highest BCUT2D eigenvalue weighted by Crippen LogP contribution is 2.22. The number of Topliss-reactive ketones (excluding diaryl/α,β-unsaturated/α-hetero) is 1. The number of halogens is 1. The summed E-state index contributed by atoms with van der Waals surface area (Å²) in [5.74, 6) is 0.488. The van der Waals surface area contributed by atoms with E-state index in [2.05, 4.69) is 4.90 Å². The molecule has 2 aromatic carbocycles. The van der Waals surface area contributed by atoms with Crippen molar-refractivity contribution >= 4 is 11.5 Å². The van der Waals surface area contributed by atoms with Crippen molar-refractivity contribution in [3.05, 3.63) is 59.4 Å². The summed E-state index contributed by atoms with van der Waals surface area (Å²) in [5, 5.41) is 0. The fourth-order valence-corrected chi connectivity index (χ4v) is 3.20. The summed E-state index contributed by atoms with van der Waals surface area (Å²) in [7, 11) is 0. The van der Waals surface area contributed by atoms with Crippen molar-refractivity contribution in [2.24, 2.45) is 0 Å². The average molecular weight is 356 g/mol. The maximum absolute atomic E-state index is 14.3. The van der Waals surface area contributed by atoms with Crippen LogP contribution in [0.1, 0.15) is 22.8 Å². The van der Waals surface area contributed by atoms with Crippen LogP contribution >= 0.6 is 0 Å². The number of aryl methyl sites for hydroxylation is 1. The number of piperazine rings is 1. The number of hydrogen-bond acceptors (Lipinski definition) is 4. The Morgan fingerprint density at radius 3 is 2.50 bits per heavy atom. The third kappa shape index (κ3) is 4.41. The second-order valence-electron chi connectivity index (χ2n) is 6.67. The largest absolute Gasteiger partial charge is 0.492 e. The number of anilines is 1. The second-order valence-corrected chi connectivity index (χ2v) is 6.67. The quantitative estimate of drug-likeness (QED) is 0.741. The lowest BCUT2D eigenvalue weighted by Crippen LogP contribution is -2.47. The number of nitrogens with zero attached hydrogens (tertiary/aromatic N) is 2. The topological polar surface area (TPSA) is 32.8 Å². The van der Waals surface area contributed by atoms with E-state index in [0.29, 0.717) is 17.9 Å². The fourth-order valence-electron chi connectivity index (χ4n) is 3.20. The molecule has 26 heavy (non-hydrogen) atoms. The number of rotatable bonds is 6. The van der Waals surface area contributed by atoms with Crippen LogP contribution in [0.15, 0.2) is 42.5 Å². The van der Waals surface area contributed by atoms with Gasteiger partial charge in [0.1, 0.15) is 18.2 Å². The van der Waals surface area contributed by atoms with Gasteiger partial charge in [-0.3, -0.25) is 9.69 Å². The fraction of sp³-hybridized carbons (Fsp3) is 0.381. The first-order valence-electron chi connectivity index (χ1n) is 9.01. The lowest BCUT2D eigenvalue weighted by Gasteiger charge is -2.36. The van der Waals surface area contributed by atoms with Crippen LogP contribution in [0, 0.1) is 12.7 Å². The molecule has 3 rings (SSSR count). The van der Waals surface area contributed by atoms with Crippen molar-refractivity contribution in [1.82, 2.24) is 4.90 Å². The molecule has 1 aliphatic rings. The van der Waals surface area contributed by atoms with Gasteiger partial charge in [-0.15, -0.1) is 0 Å². The Hall–Kier alpha value is -2.40. The van der Waals surface area contributed by atoms with E-state index in [9.17, 15) is 9.18 Å². The third-order valence-corrected chi connectivity index (χ3v) is 4.83. The molecule has 1 saturated heterocycles. The van der Waals surface area contributed by atoms with Gasteiger partial charge in [-0.1, -0.05) is 18.2 Å². The number of benzene rings is 2. The van der Waals surface area contributed by atoms with Gasteiger partial charge in [0.15, 0.2) is 5.78 Å². The summed E-state index contributed by atoms with van der Waals surface area (Å²) in [6.07, 6.45) is 0. The molecule has 0 aliphatic carbocycles. The standard InChI is InChI=1S/C21H25FN2O2/c1-16-5-3-4-6-21(16)26-14-13-23-9-11-24(12-10-23)20-8-7-18(17(2)25)15-19(20)22/h3-8,15H,9-14H2,1-2H3. The van der Waals surface area contributed by atoms with Crippen LogP contribution in [0.3, 0.4) is 0 Å². The lowest BCUT2D eigenvalue weighted by atomic mass is 10.1. The monoisotopic (exact) mass is 356 g/mol. The van der Waals surface area contributed by atoms with Crippen LogP contribution in [0.25, 0.3) is 0 Å². The second kappa shape index (κ2) is 8.32. The molecular formula is C21H25FN2O2. The van der Waals surface area contributed by atoms with Gasteiger partial charge in [-0.05, 0) is 43.7 Å². The van der Waals surface area contributed by atoms with Crippen LogP contribution in [-0.2, 0) is 0 Å². The number of ether oxygens (including phenoxy) is 1. The molecule has 1 heterocycles. The van der Waals surface area contributed by atoms with Crippen LogP contribution in [-0.4, -0.2) is 50.0 Å². The van der Waals surface area contributed by atoms with E-state index < -0.39 is 0 Å². The minimum Gasteiger partial charge on any atom is -0.492 e. The molecule has 0 N–H and O–H groups in total. The Morgan fingerprint density at radius 1 is 1.12 bits per heavy atom. The van der Waals surface area contributed by atoms with Gasteiger partial charge in [-0.25, -0.2) is 4.39 Å². The maximum Gasteiger partial charge on any atom is 0.159 e. The van der Waals surface area contributed by atoms with Crippen LogP contribution in [0.2, 0.25) is 0 Å². The van der Waals surface area contributed by atoms with Gasteiger partial charge in [-0.2, -0.15) is 0 Å². The molecule has 0 bridgehead atoms. The summed E-state index contributed by atoms with van der Waals surface area (Å²) in [6, 6.07) is 12.8. The molecule has 0 aromatic heterocycles. The zero-order chi connectivity index (χ0) is 18.5. The summed E-state index contributed by atoms with van der Waals surface area (Å²) in [4.78, 5) is 15.7. The SMILES string of the molecule is CC(=O)c1ccc(N2CCN(CCOc3ccccc3C)CC2)c(F)c1. The molecule has 0 saturated carbocycles. The molecular weight excluding hydrogens is 331 g/mol. The molecule has 0 spiro atoms. The number of para-hydroxylation sites is 1. The zero-order valence-electron chi connectivity index (χ0n) is 15.4. The number of ketones is 1. The number of hydrogen-bond donors (Lipinski definition) is 0. The average Bonchev–Trinajstić information content (AvgIpc) is 2.64. The summed E-state index contributed by atoms with van der Waals surface area (Å²) in [6.45, 7) is 8.25. The predicted molar refractivity (Wildman–Crippen MR) is 102 cm³/mol. The van der Waals surface area contributed by atoms with Gasteiger partial charge in [0.2, 0.25) is 0 Å². The molecule has 1 aliphatic heterocycles. The molecule has 4 nitrogen and oxygen atoms in total. The van der Waals surface area contributed by atoms with E-state index >= 15 is 0 Å². The van der Waals surface area contributed by atoms with E-state index in [1.165, 1.54) is 13.0 Å². The summed E-state index contributed by atoms with van der Waals surface area (Å²) in [5.41, 5.74) is 2.13. The molecule has 0 amide bonds. The van der Waals surface area contributed by atoms with Gasteiger partial charge in [0.25, 0.3) is 0 Å². The van der Waals surface area contributed by atoms with Crippen molar-refractivity contribution in [3.8, 4) is 5.75 Å². The van der Waals surface area contributed by atoms with Gasteiger partial charge >= 0.3 is 0 Å². The van der Waals surface area contributed by atoms with E-state index in [4.69, 9.17) is 4.74 Å². The molecule has 0 radical (unpaired) electrons. The Labute approximate surface area is 154 Å². The van der Waals surface area contributed by atoms with Gasteiger partial charge in [0, 0.05) is 38.3 Å². The van der Waals surface area contributed by atoms with E-state index in [-0.39, 0.29) is 11.6 Å². The van der Waals surface area contributed by atoms with Crippen LogP contribution in [0.4, 0.5) is 10.1 Å². The van der Waals surface area contributed by atoms with Gasteiger partial charge < -0.3 is 9.64 Å². The van der Waals surface area contributed by atoms with E-state index in [0.717, 1.165) is 44.0 Å². The smallest absolute Gasteiger partial charge is 0.159 e. The molecule has 0 unspecified atom stereocenters. The molecule has 2 aromatic rings. The highest BCUT2D eigenvalue weighted by Gasteiger charge is 2.20. The molecule has 0 atom stereocenters. The summed E-state index contributed by atoms with van der Waals surface area (Å²) >= 11 is 0. The van der Waals surface area contributed by atoms with Crippen molar-refractivity contribution in [1.29, 1.82) is 0 Å². The Balaban J connectivity index is 1.48. The Kier molecular flexibility index (Phi) is 5.89. The van der Waals surface area contributed by atoms with Crippen molar-refractivity contribution < 1.29 is 13.9 Å². The predicted octanol–water partition coefficient (Wildman–Crippen LogP) is 3.54. The Bertz CT molecular complexity index is 770. The van der Waals surface area contributed by atoms with Crippen molar-refractivity contribution in [3.63, 3.8) is 0 Å². The maximum atomic E-state index is 14.3. The highest BCUT2D eigenvalue weighted by molar-refractivity contribution is 5.94. The first kappa shape index (κ1) is 18.4. The minimum absolute atomic E-state index is 0.117. The zero-order valence-corrected chi connectivity index (χ0v) is 15.4. The Morgan fingerprint density at radius 2 is 1.85 bits per heavy atom. The van der Waals surface area contributed by atoms with Gasteiger partial charge in [0.05, 0.1) is 5.69 Å². The molecule has 138 valence electrons. The number of carbonyl (C=O) groups is 1. The van der Waals surface area contributed by atoms with Crippen LogP contribution in [0.5, 0.6) is 5.75 Å². The van der Waals surface area contributed by atoms with Crippen molar-refractivity contribution in [2.45, 2.75) is 13.8 Å². The first-order chi connectivity index (χ1) is 12.5. The minimum atomic E-state index is -0.325. The summed E-state index contributed by atoms with van der Waals surface area (Å²) < 4.78 is 20.2. The molecule has 1 fully saturated rings. The highest BCUT2D eigenvalue weighted by atomic mass is 19.1. The third-order valence-electron chi connectivity index (χ3n) is 4.83. The van der Waals surface area contributed by atoms with Crippen LogP contribution < -0.4 is 9.64 Å². The first-order valence-corrected chi connectivity index (χ1v) is 9.01. The normalized spacial score (nSPS) is 15.1. The molecule has 5 heteroatoms.